The van der Waals surface area contributed by atoms with Crippen LogP contribution in [-0.2, 0) is 0 Å². The van der Waals surface area contributed by atoms with Crippen LogP contribution in [0, 0.1) is 5.41 Å². The Bertz CT molecular complexity index is 437. The largest absolute Gasteiger partial charge is 0.404 e. The summed E-state index contributed by atoms with van der Waals surface area (Å²) in [7, 11) is 0. The number of pyridine rings is 1. The summed E-state index contributed by atoms with van der Waals surface area (Å²) in [6.45, 7) is 0. The molecule has 0 aliphatic carbocycles. The molecule has 0 bridgehead atoms. The van der Waals surface area contributed by atoms with Gasteiger partial charge >= 0.3 is 0 Å². The molecule has 1 heterocycles. The quantitative estimate of drug-likeness (QED) is 0.698. The van der Waals surface area contributed by atoms with E-state index in [9.17, 15) is 0 Å². The highest BCUT2D eigenvalue weighted by Crippen LogP contribution is 2.22. The summed E-state index contributed by atoms with van der Waals surface area (Å²) in [5.41, 5.74) is 13.2. The molecule has 0 radical (unpaired) electrons. The van der Waals surface area contributed by atoms with Gasteiger partial charge in [0.05, 0.1) is 5.02 Å². The number of hydrogen-bond acceptors (Lipinski definition) is 4. The van der Waals surface area contributed by atoms with Crippen molar-refractivity contribution in [2.75, 3.05) is 0 Å². The number of allylic oxidation sites excluding steroid dienone is 2. The lowest BCUT2D eigenvalue weighted by molar-refractivity contribution is 1.24. The molecule has 0 amide bonds. The van der Waals surface area contributed by atoms with Crippen LogP contribution in [0.4, 0.5) is 0 Å². The van der Waals surface area contributed by atoms with Crippen molar-refractivity contribution in [3.63, 3.8) is 0 Å². The first kappa shape index (κ1) is 12.3. The van der Waals surface area contributed by atoms with Crippen molar-refractivity contribution < 1.29 is 0 Å². The molecule has 5 N–H and O–H groups in total. The fourth-order valence-electron chi connectivity index (χ4n) is 1.22. The van der Waals surface area contributed by atoms with Crippen LogP contribution in [0.3, 0.4) is 0 Å². The van der Waals surface area contributed by atoms with Crippen molar-refractivity contribution >= 4 is 23.4 Å². The maximum atomic E-state index is 7.15. The second-order valence-electron chi connectivity index (χ2n) is 3.15. The summed E-state index contributed by atoms with van der Waals surface area (Å²) in [6.07, 6.45) is 7.76. The summed E-state index contributed by atoms with van der Waals surface area (Å²) in [5, 5.41) is 7.70. The predicted octanol–water partition coefficient (Wildman–Crippen LogP) is 1.92. The third-order valence-corrected chi connectivity index (χ3v) is 2.28. The van der Waals surface area contributed by atoms with Crippen molar-refractivity contribution in [2.45, 2.75) is 6.42 Å². The molecule has 0 saturated heterocycles. The number of aromatic nitrogens is 1. The van der Waals surface area contributed by atoms with Crippen LogP contribution in [-0.4, -0.2) is 11.2 Å². The molecule has 1 aromatic rings. The highest BCUT2D eigenvalue weighted by atomic mass is 35.5. The van der Waals surface area contributed by atoms with Crippen molar-refractivity contribution in [2.24, 2.45) is 11.5 Å². The molecule has 84 valence electrons. The van der Waals surface area contributed by atoms with Gasteiger partial charge in [-0.15, -0.1) is 0 Å². The highest BCUT2D eigenvalue weighted by Gasteiger charge is 2.04. The van der Waals surface area contributed by atoms with Gasteiger partial charge in [0.15, 0.2) is 0 Å². The van der Waals surface area contributed by atoms with E-state index in [4.69, 9.17) is 28.5 Å². The highest BCUT2D eigenvalue weighted by molar-refractivity contribution is 6.30. The maximum absolute atomic E-state index is 7.15. The van der Waals surface area contributed by atoms with Crippen LogP contribution < -0.4 is 11.5 Å². The lowest BCUT2D eigenvalue weighted by Gasteiger charge is -2.06. The maximum Gasteiger partial charge on any atom is 0.0595 e. The smallest absolute Gasteiger partial charge is 0.0595 e. The standard InChI is InChI=1S/C11H13ClN4/c12-11-2-10(6-16-7-11)9(5-15)1-8(3-13)4-14/h2-7,13H,1,14-15H2/b8-4?,9-5-,13-3?. The third-order valence-electron chi connectivity index (χ3n) is 2.07. The molecule has 4 nitrogen and oxygen atoms in total. The molecule has 0 aromatic carbocycles. The zero-order valence-corrected chi connectivity index (χ0v) is 9.41. The molecule has 1 aromatic heterocycles. The van der Waals surface area contributed by atoms with Gasteiger partial charge in [0, 0.05) is 25.0 Å². The minimum absolute atomic E-state index is 0.485. The first-order valence-electron chi connectivity index (χ1n) is 4.64. The Morgan fingerprint density at radius 2 is 2.12 bits per heavy atom. The third kappa shape index (κ3) is 3.10. The average molecular weight is 237 g/mol. The molecule has 0 unspecified atom stereocenters. The molecule has 0 fully saturated rings. The van der Waals surface area contributed by atoms with Crippen LogP contribution >= 0.6 is 11.6 Å². The molecule has 16 heavy (non-hydrogen) atoms. The number of halogens is 1. The second kappa shape index (κ2) is 5.92. The SMILES string of the molecule is N=CC(=CN)C/C(=C/N)c1cncc(Cl)c1. The van der Waals surface area contributed by atoms with Gasteiger partial charge in [-0.1, -0.05) is 11.6 Å². The Morgan fingerprint density at radius 3 is 2.62 bits per heavy atom. The number of nitrogens with zero attached hydrogens (tertiary/aromatic N) is 1. The monoisotopic (exact) mass is 236 g/mol. The van der Waals surface area contributed by atoms with E-state index in [0.717, 1.165) is 11.1 Å². The van der Waals surface area contributed by atoms with E-state index in [0.29, 0.717) is 17.0 Å². The molecule has 0 aliphatic heterocycles. The van der Waals surface area contributed by atoms with Crippen molar-refractivity contribution in [3.8, 4) is 0 Å². The van der Waals surface area contributed by atoms with Crippen molar-refractivity contribution in [1.29, 1.82) is 5.41 Å². The number of hydrogen-bond donors (Lipinski definition) is 3. The van der Waals surface area contributed by atoms with E-state index >= 15 is 0 Å². The summed E-state index contributed by atoms with van der Waals surface area (Å²) in [4.78, 5) is 3.98. The van der Waals surface area contributed by atoms with E-state index in [1.165, 1.54) is 18.6 Å². The fourth-order valence-corrected chi connectivity index (χ4v) is 1.40. The van der Waals surface area contributed by atoms with Crippen molar-refractivity contribution in [1.82, 2.24) is 4.98 Å². The molecule has 0 atom stereocenters. The molecule has 5 heteroatoms. The predicted molar refractivity (Wildman–Crippen MR) is 67.1 cm³/mol. The summed E-state index contributed by atoms with van der Waals surface area (Å²) >= 11 is 5.84. The molecule has 0 aliphatic rings. The number of nitrogens with two attached hydrogens (primary N) is 2. The Hall–Kier alpha value is -1.81. The molecule has 1 rings (SSSR count). The van der Waals surface area contributed by atoms with Gasteiger partial charge in [0.2, 0.25) is 0 Å². The van der Waals surface area contributed by atoms with Gasteiger partial charge in [-0.2, -0.15) is 0 Å². The Morgan fingerprint density at radius 1 is 1.38 bits per heavy atom. The van der Waals surface area contributed by atoms with Gasteiger partial charge in [0.1, 0.15) is 0 Å². The Kier molecular flexibility index (Phi) is 4.54. The summed E-state index contributed by atoms with van der Waals surface area (Å²) < 4.78 is 0. The zero-order chi connectivity index (χ0) is 12.0. The zero-order valence-electron chi connectivity index (χ0n) is 8.65. The minimum Gasteiger partial charge on any atom is -0.404 e. The van der Waals surface area contributed by atoms with Gasteiger partial charge in [-0.3, -0.25) is 4.98 Å². The first-order valence-corrected chi connectivity index (χ1v) is 5.02. The van der Waals surface area contributed by atoms with Gasteiger partial charge in [0.25, 0.3) is 0 Å². The van der Waals surface area contributed by atoms with Crippen LogP contribution in [0.25, 0.3) is 5.57 Å². The molecular formula is C11H13ClN4. The normalized spacial score (nSPS) is 12.6. The van der Waals surface area contributed by atoms with E-state index in [-0.39, 0.29) is 0 Å². The molecular weight excluding hydrogens is 224 g/mol. The molecule has 0 saturated carbocycles. The van der Waals surface area contributed by atoms with Crippen molar-refractivity contribution in [3.05, 3.63) is 47.0 Å². The Labute approximate surface area is 99.1 Å². The van der Waals surface area contributed by atoms with E-state index in [1.54, 1.807) is 18.5 Å². The second-order valence-corrected chi connectivity index (χ2v) is 3.58. The van der Waals surface area contributed by atoms with Crippen LogP contribution in [0.1, 0.15) is 12.0 Å². The van der Waals surface area contributed by atoms with Crippen LogP contribution in [0.15, 0.2) is 36.4 Å². The first-order chi connectivity index (χ1) is 7.71. The summed E-state index contributed by atoms with van der Waals surface area (Å²) in [5.74, 6) is 0. The topological polar surface area (TPSA) is 88.8 Å². The van der Waals surface area contributed by atoms with Gasteiger partial charge < -0.3 is 16.9 Å². The minimum atomic E-state index is 0.485. The fraction of sp³-hybridized carbons (Fsp3) is 0.0909. The Balaban J connectivity index is 2.96. The van der Waals surface area contributed by atoms with Crippen LogP contribution in [0.2, 0.25) is 5.02 Å². The van der Waals surface area contributed by atoms with Gasteiger partial charge in [-0.25, -0.2) is 0 Å². The summed E-state index contributed by atoms with van der Waals surface area (Å²) in [6, 6.07) is 1.77. The van der Waals surface area contributed by atoms with E-state index < -0.39 is 0 Å². The lowest BCUT2D eigenvalue weighted by Crippen LogP contribution is -1.96. The van der Waals surface area contributed by atoms with Gasteiger partial charge in [-0.05, 0) is 35.2 Å². The lowest BCUT2D eigenvalue weighted by atomic mass is 10.0. The van der Waals surface area contributed by atoms with E-state index in [2.05, 4.69) is 4.98 Å². The average Bonchev–Trinajstić information content (AvgIpc) is 2.31. The molecule has 0 spiro atoms. The van der Waals surface area contributed by atoms with Crippen LogP contribution in [0.5, 0.6) is 0 Å². The number of rotatable bonds is 4. The number of nitrogens with one attached hydrogen (secondary N) is 1. The van der Waals surface area contributed by atoms with E-state index in [1.807, 2.05) is 0 Å².